The highest BCUT2D eigenvalue weighted by atomic mass is 16.5. The molecule has 3 rings (SSSR count). The van der Waals surface area contributed by atoms with Crippen LogP contribution in [0, 0.1) is 5.92 Å². The molecule has 0 radical (unpaired) electrons. The highest BCUT2D eigenvalue weighted by Crippen LogP contribution is 2.32. The van der Waals surface area contributed by atoms with Gasteiger partial charge in [-0.3, -0.25) is 9.69 Å². The van der Waals surface area contributed by atoms with Crippen molar-refractivity contribution in [2.24, 2.45) is 5.92 Å². The molecule has 0 aromatic heterocycles. The van der Waals surface area contributed by atoms with Crippen LogP contribution in [0.25, 0.3) is 0 Å². The van der Waals surface area contributed by atoms with Gasteiger partial charge in [0.1, 0.15) is 5.75 Å². The second kappa shape index (κ2) is 7.99. The van der Waals surface area contributed by atoms with Gasteiger partial charge >= 0.3 is 0 Å². The smallest absolute Gasteiger partial charge is 0.220 e. The van der Waals surface area contributed by atoms with E-state index in [0.29, 0.717) is 5.92 Å². The van der Waals surface area contributed by atoms with Crippen LogP contribution in [0.15, 0.2) is 24.3 Å². The molecule has 0 spiro atoms. The molecule has 0 bridgehead atoms. The molecule has 5 heteroatoms. The summed E-state index contributed by atoms with van der Waals surface area (Å²) in [5.41, 5.74) is 1.10. The maximum atomic E-state index is 12.1. The largest absolute Gasteiger partial charge is 0.496 e. The first-order valence-corrected chi connectivity index (χ1v) is 8.89. The molecule has 132 valence electrons. The van der Waals surface area contributed by atoms with Gasteiger partial charge < -0.3 is 14.4 Å². The van der Waals surface area contributed by atoms with Crippen LogP contribution in [0.5, 0.6) is 5.75 Å². The lowest BCUT2D eigenvalue weighted by atomic mass is 9.97. The highest BCUT2D eigenvalue weighted by molar-refractivity contribution is 5.74. The van der Waals surface area contributed by atoms with Crippen molar-refractivity contribution in [2.75, 3.05) is 46.5 Å². The van der Waals surface area contributed by atoms with E-state index in [9.17, 15) is 4.79 Å². The number of carbonyl (C=O) groups excluding carboxylic acids is 1. The molecule has 0 unspecified atom stereocenters. The Kier molecular flexibility index (Phi) is 5.74. The molecular weight excluding hydrogens is 304 g/mol. The van der Waals surface area contributed by atoms with Crippen LogP contribution in [0.4, 0.5) is 0 Å². The number of ether oxygens (including phenoxy) is 2. The summed E-state index contributed by atoms with van der Waals surface area (Å²) in [6, 6.07) is 8.12. The Morgan fingerprint density at radius 2 is 2.00 bits per heavy atom. The van der Waals surface area contributed by atoms with Crippen LogP contribution in [-0.4, -0.2) is 62.2 Å². The molecule has 1 aromatic rings. The molecule has 2 heterocycles. The first-order chi connectivity index (χ1) is 11.7. The number of amides is 1. The summed E-state index contributed by atoms with van der Waals surface area (Å²) in [6.45, 7) is 7.13. The first-order valence-electron chi connectivity index (χ1n) is 8.89. The highest BCUT2D eigenvalue weighted by Gasteiger charge is 2.32. The second-order valence-electron chi connectivity index (χ2n) is 6.79. The molecule has 1 aromatic carbocycles. The van der Waals surface area contributed by atoms with Gasteiger partial charge in [-0.2, -0.15) is 0 Å². The van der Waals surface area contributed by atoms with Crippen LogP contribution in [0.3, 0.4) is 0 Å². The predicted molar refractivity (Wildman–Crippen MR) is 93.1 cm³/mol. The van der Waals surface area contributed by atoms with Crippen LogP contribution in [0.2, 0.25) is 0 Å². The normalized spacial score (nSPS) is 23.2. The maximum absolute atomic E-state index is 12.1. The molecular formula is C19H28N2O3. The Balaban J connectivity index is 1.75. The topological polar surface area (TPSA) is 42.0 Å². The molecule has 0 saturated carbocycles. The number of hydrogen-bond acceptors (Lipinski definition) is 4. The lowest BCUT2D eigenvalue weighted by Gasteiger charge is -2.43. The zero-order valence-corrected chi connectivity index (χ0v) is 14.7. The number of rotatable bonds is 4. The van der Waals surface area contributed by atoms with Crippen molar-refractivity contribution in [1.82, 2.24) is 9.80 Å². The number of nitrogens with zero attached hydrogens (tertiary/aromatic N) is 2. The minimum absolute atomic E-state index is 0.0623. The summed E-state index contributed by atoms with van der Waals surface area (Å²) in [7, 11) is 1.69. The fraction of sp³-hybridized carbons (Fsp3) is 0.632. The van der Waals surface area contributed by atoms with Crippen molar-refractivity contribution in [1.29, 1.82) is 0 Å². The average molecular weight is 332 g/mol. The van der Waals surface area contributed by atoms with Gasteiger partial charge in [-0.15, -0.1) is 0 Å². The Labute approximate surface area is 144 Å². The zero-order chi connectivity index (χ0) is 16.9. The van der Waals surface area contributed by atoms with Crippen molar-refractivity contribution in [3.63, 3.8) is 0 Å². The molecule has 2 saturated heterocycles. The van der Waals surface area contributed by atoms with E-state index in [1.807, 2.05) is 23.1 Å². The Morgan fingerprint density at radius 3 is 2.71 bits per heavy atom. The number of benzene rings is 1. The molecule has 1 atom stereocenters. The van der Waals surface area contributed by atoms with Crippen LogP contribution in [0.1, 0.15) is 31.4 Å². The number of piperazine rings is 1. The Hall–Kier alpha value is -1.59. The predicted octanol–water partition coefficient (Wildman–Crippen LogP) is 2.33. The number of carbonyl (C=O) groups is 1. The van der Waals surface area contributed by atoms with Gasteiger partial charge in [-0.1, -0.05) is 18.2 Å². The molecule has 0 aliphatic carbocycles. The SMILES string of the molecule is COc1ccccc1[C@@H]1CN(CC2CCOCC2)CCN1C(C)=O. The Morgan fingerprint density at radius 1 is 1.25 bits per heavy atom. The summed E-state index contributed by atoms with van der Waals surface area (Å²) in [5, 5.41) is 0. The van der Waals surface area contributed by atoms with Crippen LogP contribution in [-0.2, 0) is 9.53 Å². The average Bonchev–Trinajstić information content (AvgIpc) is 2.62. The van der Waals surface area contributed by atoms with E-state index in [0.717, 1.165) is 63.5 Å². The van der Waals surface area contributed by atoms with E-state index in [1.54, 1.807) is 14.0 Å². The van der Waals surface area contributed by atoms with Gasteiger partial charge in [0.2, 0.25) is 5.91 Å². The lowest BCUT2D eigenvalue weighted by molar-refractivity contribution is -0.134. The van der Waals surface area contributed by atoms with E-state index >= 15 is 0 Å². The molecule has 2 aliphatic heterocycles. The maximum Gasteiger partial charge on any atom is 0.220 e. The van der Waals surface area contributed by atoms with E-state index < -0.39 is 0 Å². The Bertz CT molecular complexity index is 557. The molecule has 5 nitrogen and oxygen atoms in total. The zero-order valence-electron chi connectivity index (χ0n) is 14.7. The summed E-state index contributed by atoms with van der Waals surface area (Å²) in [6.07, 6.45) is 2.29. The molecule has 2 fully saturated rings. The molecule has 2 aliphatic rings. The second-order valence-corrected chi connectivity index (χ2v) is 6.79. The summed E-state index contributed by atoms with van der Waals surface area (Å²) >= 11 is 0. The standard InChI is InChI=1S/C19H28N2O3/c1-15(22)21-10-9-20(13-16-7-11-24-12-8-16)14-18(21)17-5-3-4-6-19(17)23-2/h3-6,16,18H,7-14H2,1-2H3/t18-/m0/s1. The molecule has 24 heavy (non-hydrogen) atoms. The van der Waals surface area contributed by atoms with Gasteiger partial charge in [0.25, 0.3) is 0 Å². The fourth-order valence-electron chi connectivity index (χ4n) is 3.88. The number of para-hydroxylation sites is 1. The van der Waals surface area contributed by atoms with Gasteiger partial charge in [-0.25, -0.2) is 0 Å². The minimum atomic E-state index is 0.0623. The van der Waals surface area contributed by atoms with Crippen molar-refractivity contribution < 1.29 is 14.3 Å². The molecule has 0 N–H and O–H groups in total. The van der Waals surface area contributed by atoms with Gasteiger partial charge in [0.05, 0.1) is 13.2 Å². The van der Waals surface area contributed by atoms with Gasteiger partial charge in [0, 0.05) is 51.9 Å². The quantitative estimate of drug-likeness (QED) is 0.849. The van der Waals surface area contributed by atoms with Crippen molar-refractivity contribution in [2.45, 2.75) is 25.8 Å². The minimum Gasteiger partial charge on any atom is -0.496 e. The third-order valence-electron chi connectivity index (χ3n) is 5.22. The fourth-order valence-corrected chi connectivity index (χ4v) is 3.88. The van der Waals surface area contributed by atoms with Crippen molar-refractivity contribution in [3.05, 3.63) is 29.8 Å². The summed E-state index contributed by atoms with van der Waals surface area (Å²) in [4.78, 5) is 16.6. The first kappa shape index (κ1) is 17.2. The van der Waals surface area contributed by atoms with Crippen molar-refractivity contribution in [3.8, 4) is 5.75 Å². The van der Waals surface area contributed by atoms with E-state index in [1.165, 1.54) is 0 Å². The summed E-state index contributed by atoms with van der Waals surface area (Å²) < 4.78 is 11.0. The van der Waals surface area contributed by atoms with E-state index in [2.05, 4.69) is 11.0 Å². The van der Waals surface area contributed by atoms with E-state index in [4.69, 9.17) is 9.47 Å². The monoisotopic (exact) mass is 332 g/mol. The number of methoxy groups -OCH3 is 1. The van der Waals surface area contributed by atoms with Crippen molar-refractivity contribution >= 4 is 5.91 Å². The van der Waals surface area contributed by atoms with E-state index in [-0.39, 0.29) is 11.9 Å². The third-order valence-corrected chi connectivity index (χ3v) is 5.22. The number of hydrogen-bond donors (Lipinski definition) is 0. The van der Waals surface area contributed by atoms with Gasteiger partial charge in [0.15, 0.2) is 0 Å². The van der Waals surface area contributed by atoms with Crippen LogP contribution >= 0.6 is 0 Å². The third kappa shape index (κ3) is 3.90. The lowest BCUT2D eigenvalue weighted by Crippen LogP contribution is -2.51. The van der Waals surface area contributed by atoms with Gasteiger partial charge in [-0.05, 0) is 24.8 Å². The summed E-state index contributed by atoms with van der Waals surface area (Å²) in [5.74, 6) is 1.71. The van der Waals surface area contributed by atoms with Crippen LogP contribution < -0.4 is 4.74 Å². The molecule has 1 amide bonds.